The van der Waals surface area contributed by atoms with E-state index in [0.717, 1.165) is 57.1 Å². The fraction of sp³-hybridized carbons (Fsp3) is 0.611. The lowest BCUT2D eigenvalue weighted by molar-refractivity contribution is -1.02. The number of piperazine rings is 1. The van der Waals surface area contributed by atoms with E-state index in [4.69, 9.17) is 9.47 Å². The molecule has 130 valence electrons. The number of quaternary nitrogens is 2. The average molecular weight is 333 g/mol. The number of hydrogen-bond acceptors (Lipinski definition) is 3. The van der Waals surface area contributed by atoms with Crippen molar-refractivity contribution in [3.8, 4) is 11.5 Å². The maximum Gasteiger partial charge on any atom is 0.278 e. The van der Waals surface area contributed by atoms with E-state index in [0.29, 0.717) is 12.8 Å². The number of carbonyl (C=O) groups excluding carboxylic acids is 1. The standard InChI is InChI=1S/C18H25N3O3/c1-13(18(22)19-15-3-4-15)21-8-6-20(7-9-21)11-14-2-5-16-17(10-14)24-12-23-16/h2,5,10,13,15H,3-4,6-9,11-12H2,1H3,(H,19,22)/p+2/t13-/m0/s1. The van der Waals surface area contributed by atoms with Crippen LogP contribution in [0.5, 0.6) is 11.5 Å². The first-order valence-corrected chi connectivity index (χ1v) is 9.06. The van der Waals surface area contributed by atoms with Crippen LogP contribution in [-0.2, 0) is 11.3 Å². The first-order valence-electron chi connectivity index (χ1n) is 9.06. The van der Waals surface area contributed by atoms with Gasteiger partial charge >= 0.3 is 0 Å². The molecule has 2 aliphatic heterocycles. The fourth-order valence-corrected chi connectivity index (χ4v) is 3.61. The molecule has 1 atom stereocenters. The van der Waals surface area contributed by atoms with Crippen molar-refractivity contribution < 1.29 is 24.1 Å². The Hall–Kier alpha value is -1.79. The molecule has 1 aliphatic carbocycles. The topological polar surface area (TPSA) is 56.4 Å². The highest BCUT2D eigenvalue weighted by Crippen LogP contribution is 2.32. The molecule has 1 saturated carbocycles. The summed E-state index contributed by atoms with van der Waals surface area (Å²) in [6, 6.07) is 6.75. The summed E-state index contributed by atoms with van der Waals surface area (Å²) in [6.07, 6.45) is 2.31. The quantitative estimate of drug-likeness (QED) is 0.606. The summed E-state index contributed by atoms with van der Waals surface area (Å²) < 4.78 is 10.8. The molecule has 1 amide bonds. The Balaban J connectivity index is 1.27. The summed E-state index contributed by atoms with van der Waals surface area (Å²) in [5.74, 6) is 1.94. The van der Waals surface area contributed by atoms with Crippen LogP contribution < -0.4 is 24.6 Å². The third-order valence-electron chi connectivity index (χ3n) is 5.42. The lowest BCUT2D eigenvalue weighted by Gasteiger charge is -2.32. The van der Waals surface area contributed by atoms with Crippen molar-refractivity contribution in [1.29, 1.82) is 0 Å². The number of rotatable bonds is 5. The molecule has 1 aromatic carbocycles. The smallest absolute Gasteiger partial charge is 0.278 e. The molecule has 6 nitrogen and oxygen atoms in total. The summed E-state index contributed by atoms with van der Waals surface area (Å²) in [5, 5.41) is 3.13. The van der Waals surface area contributed by atoms with Crippen molar-refractivity contribution >= 4 is 5.91 Å². The van der Waals surface area contributed by atoms with Crippen LogP contribution in [0.3, 0.4) is 0 Å². The second kappa shape index (κ2) is 6.61. The van der Waals surface area contributed by atoms with E-state index in [1.54, 1.807) is 4.90 Å². The highest BCUT2D eigenvalue weighted by Gasteiger charge is 2.33. The van der Waals surface area contributed by atoms with E-state index >= 15 is 0 Å². The van der Waals surface area contributed by atoms with Gasteiger partial charge in [-0.25, -0.2) is 0 Å². The normalized spacial score (nSPS) is 26.9. The first kappa shape index (κ1) is 15.7. The van der Waals surface area contributed by atoms with Crippen LogP contribution in [0.15, 0.2) is 18.2 Å². The van der Waals surface area contributed by atoms with E-state index < -0.39 is 0 Å². The monoisotopic (exact) mass is 333 g/mol. The highest BCUT2D eigenvalue weighted by molar-refractivity contribution is 5.80. The van der Waals surface area contributed by atoms with Crippen LogP contribution in [0.2, 0.25) is 0 Å². The fourth-order valence-electron chi connectivity index (χ4n) is 3.61. The van der Waals surface area contributed by atoms with Crippen LogP contribution in [-0.4, -0.2) is 51.0 Å². The van der Waals surface area contributed by atoms with Gasteiger partial charge in [0.15, 0.2) is 17.5 Å². The molecule has 1 saturated heterocycles. The van der Waals surface area contributed by atoms with Crippen molar-refractivity contribution in [1.82, 2.24) is 5.32 Å². The summed E-state index contributed by atoms with van der Waals surface area (Å²) in [7, 11) is 0. The van der Waals surface area contributed by atoms with Gasteiger partial charge in [0.1, 0.15) is 32.7 Å². The van der Waals surface area contributed by atoms with Crippen molar-refractivity contribution in [3.05, 3.63) is 23.8 Å². The number of benzene rings is 1. The van der Waals surface area contributed by atoms with Gasteiger partial charge in [0.25, 0.3) is 5.91 Å². The third-order valence-corrected chi connectivity index (χ3v) is 5.42. The molecular weight excluding hydrogens is 306 g/mol. The zero-order valence-corrected chi connectivity index (χ0v) is 14.3. The predicted octanol–water partition coefficient (Wildman–Crippen LogP) is -1.63. The molecule has 2 fully saturated rings. The average Bonchev–Trinajstić information content (AvgIpc) is 3.29. The number of hydrogen-bond donors (Lipinski definition) is 3. The number of carbonyl (C=O) groups is 1. The largest absolute Gasteiger partial charge is 0.454 e. The van der Waals surface area contributed by atoms with Crippen molar-refractivity contribution in [2.75, 3.05) is 33.0 Å². The molecule has 0 unspecified atom stereocenters. The molecule has 24 heavy (non-hydrogen) atoms. The number of nitrogens with one attached hydrogen (secondary N) is 3. The molecule has 6 heteroatoms. The van der Waals surface area contributed by atoms with Crippen LogP contribution in [0.1, 0.15) is 25.3 Å². The first-order chi connectivity index (χ1) is 11.7. The van der Waals surface area contributed by atoms with E-state index in [1.165, 1.54) is 10.5 Å². The Labute approximate surface area is 142 Å². The van der Waals surface area contributed by atoms with Crippen molar-refractivity contribution in [2.45, 2.75) is 38.4 Å². The maximum atomic E-state index is 12.2. The maximum absolute atomic E-state index is 12.2. The summed E-state index contributed by atoms with van der Waals surface area (Å²) in [4.78, 5) is 15.2. The molecule has 3 aliphatic rings. The molecular formula is C18H27N3O3+2. The van der Waals surface area contributed by atoms with Gasteiger partial charge in [-0.05, 0) is 38.0 Å². The van der Waals surface area contributed by atoms with E-state index in [-0.39, 0.29) is 11.9 Å². The minimum absolute atomic E-state index is 0.0673. The Morgan fingerprint density at radius 1 is 1.21 bits per heavy atom. The molecule has 4 rings (SSSR count). The van der Waals surface area contributed by atoms with Gasteiger partial charge in [0.2, 0.25) is 6.79 Å². The Bertz CT molecular complexity index is 610. The van der Waals surface area contributed by atoms with Gasteiger partial charge in [-0.1, -0.05) is 0 Å². The van der Waals surface area contributed by atoms with Gasteiger partial charge in [0.05, 0.1) is 0 Å². The minimum Gasteiger partial charge on any atom is -0.454 e. The van der Waals surface area contributed by atoms with Crippen molar-refractivity contribution in [2.24, 2.45) is 0 Å². The van der Waals surface area contributed by atoms with Gasteiger partial charge in [0, 0.05) is 11.6 Å². The zero-order chi connectivity index (χ0) is 16.5. The summed E-state index contributed by atoms with van der Waals surface area (Å²) in [5.41, 5.74) is 1.29. The molecule has 0 aromatic heterocycles. The number of ether oxygens (including phenoxy) is 2. The van der Waals surface area contributed by atoms with Crippen LogP contribution >= 0.6 is 0 Å². The second-order valence-electron chi connectivity index (χ2n) is 7.28. The van der Waals surface area contributed by atoms with Gasteiger partial charge in [-0.15, -0.1) is 0 Å². The minimum atomic E-state index is 0.0673. The zero-order valence-electron chi connectivity index (χ0n) is 14.3. The molecule has 0 radical (unpaired) electrons. The molecule has 1 aromatic rings. The van der Waals surface area contributed by atoms with Crippen LogP contribution in [0.25, 0.3) is 0 Å². The molecule has 2 heterocycles. The lowest BCUT2D eigenvalue weighted by Crippen LogP contribution is -3.29. The highest BCUT2D eigenvalue weighted by atomic mass is 16.7. The summed E-state index contributed by atoms with van der Waals surface area (Å²) >= 11 is 0. The summed E-state index contributed by atoms with van der Waals surface area (Å²) in [6.45, 7) is 7.71. The lowest BCUT2D eigenvalue weighted by atomic mass is 10.1. The Morgan fingerprint density at radius 2 is 1.96 bits per heavy atom. The van der Waals surface area contributed by atoms with Crippen LogP contribution in [0.4, 0.5) is 0 Å². The van der Waals surface area contributed by atoms with E-state index in [1.807, 2.05) is 6.07 Å². The SMILES string of the molecule is C[C@@H](C(=O)NC1CC1)[NH+]1CC[NH+](Cc2ccc3c(c2)OCO3)CC1. The Morgan fingerprint density at radius 3 is 2.71 bits per heavy atom. The van der Waals surface area contributed by atoms with Gasteiger partial charge in [-0.3, -0.25) is 4.79 Å². The number of fused-ring (bicyclic) bond motifs is 1. The molecule has 3 N–H and O–H groups in total. The van der Waals surface area contributed by atoms with E-state index in [2.05, 4.69) is 24.4 Å². The number of amides is 1. The van der Waals surface area contributed by atoms with Crippen molar-refractivity contribution in [3.63, 3.8) is 0 Å². The van der Waals surface area contributed by atoms with Gasteiger partial charge < -0.3 is 24.6 Å². The van der Waals surface area contributed by atoms with Crippen LogP contribution in [0, 0.1) is 0 Å². The molecule has 0 bridgehead atoms. The van der Waals surface area contributed by atoms with E-state index in [9.17, 15) is 4.79 Å². The third kappa shape index (κ3) is 3.49. The Kier molecular flexibility index (Phi) is 4.33. The van der Waals surface area contributed by atoms with Gasteiger partial charge in [-0.2, -0.15) is 0 Å². The second-order valence-corrected chi connectivity index (χ2v) is 7.28. The molecule has 0 spiro atoms. The predicted molar refractivity (Wildman–Crippen MR) is 88.3 cm³/mol.